The summed E-state index contributed by atoms with van der Waals surface area (Å²) in [5, 5.41) is 0. The highest BCUT2D eigenvalue weighted by molar-refractivity contribution is 9.10. The van der Waals surface area contributed by atoms with E-state index in [4.69, 9.17) is 0 Å². The average Bonchev–Trinajstić information content (AvgIpc) is 2.45. The number of hydrogen-bond acceptors (Lipinski definition) is 2. The molecule has 0 N–H and O–H groups in total. The fraction of sp³-hybridized carbons (Fsp3) is 0.188. The third-order valence-electron chi connectivity index (χ3n) is 3.11. The van der Waals surface area contributed by atoms with E-state index >= 15 is 0 Å². The Kier molecular flexibility index (Phi) is 4.74. The van der Waals surface area contributed by atoms with Gasteiger partial charge in [-0.25, -0.2) is 0 Å². The van der Waals surface area contributed by atoms with Crippen molar-refractivity contribution in [1.82, 2.24) is 0 Å². The van der Waals surface area contributed by atoms with E-state index in [-0.39, 0.29) is 0 Å². The molecule has 0 aromatic heterocycles. The lowest BCUT2D eigenvalue weighted by Crippen LogP contribution is -2.21. The van der Waals surface area contributed by atoms with Crippen molar-refractivity contribution in [2.75, 3.05) is 18.5 Å². The second-order valence-electron chi connectivity index (χ2n) is 4.48. The Morgan fingerprint density at radius 1 is 1.16 bits per heavy atom. The van der Waals surface area contributed by atoms with Crippen molar-refractivity contribution in [3.63, 3.8) is 0 Å². The maximum atomic E-state index is 11.1. The summed E-state index contributed by atoms with van der Waals surface area (Å²) >= 11 is 3.38. The van der Waals surface area contributed by atoms with Crippen molar-refractivity contribution in [3.05, 3.63) is 64.1 Å². The second kappa shape index (κ2) is 6.53. The zero-order valence-electron chi connectivity index (χ0n) is 10.8. The molecule has 2 rings (SSSR count). The lowest BCUT2D eigenvalue weighted by Gasteiger charge is -2.21. The second-order valence-corrected chi connectivity index (χ2v) is 5.39. The monoisotopic (exact) mass is 317 g/mol. The van der Waals surface area contributed by atoms with Crippen molar-refractivity contribution in [3.8, 4) is 0 Å². The summed E-state index contributed by atoms with van der Waals surface area (Å²) in [6.45, 7) is 0.881. The zero-order chi connectivity index (χ0) is 13.7. The van der Waals surface area contributed by atoms with Crippen LogP contribution in [0, 0.1) is 0 Å². The Morgan fingerprint density at radius 2 is 1.89 bits per heavy atom. The maximum absolute atomic E-state index is 11.1. The molecule has 0 atom stereocenters. The SMILES string of the molecule is CN(CCc1ccccc1)c1ccc(Br)cc1C=O. The summed E-state index contributed by atoms with van der Waals surface area (Å²) in [5.41, 5.74) is 2.98. The first-order valence-electron chi connectivity index (χ1n) is 6.20. The molecule has 2 nitrogen and oxygen atoms in total. The molecule has 0 saturated carbocycles. The van der Waals surface area contributed by atoms with Gasteiger partial charge >= 0.3 is 0 Å². The number of likely N-dealkylation sites (N-methyl/N-ethyl adjacent to an activating group) is 1. The molecule has 2 aromatic rings. The molecule has 0 spiro atoms. The summed E-state index contributed by atoms with van der Waals surface area (Å²) in [6.07, 6.45) is 1.87. The summed E-state index contributed by atoms with van der Waals surface area (Å²) in [6, 6.07) is 16.1. The molecule has 0 heterocycles. The first-order chi connectivity index (χ1) is 9.20. The van der Waals surface area contributed by atoms with Crippen molar-refractivity contribution >= 4 is 27.9 Å². The predicted octanol–water partition coefficient (Wildman–Crippen LogP) is 3.94. The number of carbonyl (C=O) groups is 1. The van der Waals surface area contributed by atoms with Gasteiger partial charge in [-0.15, -0.1) is 0 Å². The molecule has 3 heteroatoms. The van der Waals surface area contributed by atoms with Crippen molar-refractivity contribution < 1.29 is 4.79 Å². The van der Waals surface area contributed by atoms with Gasteiger partial charge in [0.2, 0.25) is 0 Å². The van der Waals surface area contributed by atoms with E-state index in [0.29, 0.717) is 5.56 Å². The van der Waals surface area contributed by atoms with Gasteiger partial charge in [0, 0.05) is 29.3 Å². The van der Waals surface area contributed by atoms with E-state index in [1.807, 2.05) is 43.4 Å². The molecular weight excluding hydrogens is 302 g/mol. The van der Waals surface area contributed by atoms with Crippen LogP contribution in [0.3, 0.4) is 0 Å². The highest BCUT2D eigenvalue weighted by Crippen LogP contribution is 2.22. The van der Waals surface area contributed by atoms with Gasteiger partial charge in [-0.05, 0) is 30.2 Å². The number of benzene rings is 2. The number of anilines is 1. The Bertz CT molecular complexity index is 554. The average molecular weight is 318 g/mol. The van der Waals surface area contributed by atoms with Gasteiger partial charge in [0.25, 0.3) is 0 Å². The molecule has 2 aromatic carbocycles. The number of aldehydes is 1. The standard InChI is InChI=1S/C16H16BrNO/c1-18(10-9-13-5-3-2-4-6-13)16-8-7-15(17)11-14(16)12-19/h2-8,11-12H,9-10H2,1H3. The molecule has 98 valence electrons. The van der Waals surface area contributed by atoms with Crippen LogP contribution in [0.2, 0.25) is 0 Å². The molecular formula is C16H16BrNO. The fourth-order valence-electron chi connectivity index (χ4n) is 2.03. The van der Waals surface area contributed by atoms with Gasteiger partial charge < -0.3 is 4.90 Å². The van der Waals surface area contributed by atoms with Crippen LogP contribution in [0.5, 0.6) is 0 Å². The summed E-state index contributed by atoms with van der Waals surface area (Å²) in [5.74, 6) is 0. The maximum Gasteiger partial charge on any atom is 0.152 e. The van der Waals surface area contributed by atoms with Crippen LogP contribution in [0.4, 0.5) is 5.69 Å². The van der Waals surface area contributed by atoms with E-state index < -0.39 is 0 Å². The molecule has 0 aliphatic carbocycles. The minimum Gasteiger partial charge on any atom is -0.374 e. The normalized spacial score (nSPS) is 10.2. The minimum absolute atomic E-state index is 0.713. The Morgan fingerprint density at radius 3 is 2.58 bits per heavy atom. The summed E-state index contributed by atoms with van der Waals surface area (Å²) in [7, 11) is 2.01. The van der Waals surface area contributed by atoms with E-state index in [0.717, 1.165) is 29.4 Å². The molecule has 0 saturated heterocycles. The molecule has 0 fully saturated rings. The lowest BCUT2D eigenvalue weighted by molar-refractivity contribution is 0.112. The quantitative estimate of drug-likeness (QED) is 0.778. The molecule has 0 bridgehead atoms. The number of rotatable bonds is 5. The molecule has 0 amide bonds. The van der Waals surface area contributed by atoms with Crippen molar-refractivity contribution in [2.45, 2.75) is 6.42 Å². The smallest absolute Gasteiger partial charge is 0.152 e. The molecule has 19 heavy (non-hydrogen) atoms. The molecule has 0 aliphatic rings. The third kappa shape index (κ3) is 3.67. The van der Waals surface area contributed by atoms with Crippen LogP contribution in [-0.2, 0) is 6.42 Å². The van der Waals surface area contributed by atoms with Gasteiger partial charge in [-0.2, -0.15) is 0 Å². The van der Waals surface area contributed by atoms with Crippen molar-refractivity contribution in [2.24, 2.45) is 0 Å². The van der Waals surface area contributed by atoms with Crippen LogP contribution < -0.4 is 4.90 Å². The number of carbonyl (C=O) groups excluding carboxylic acids is 1. The van der Waals surface area contributed by atoms with E-state index in [1.165, 1.54) is 5.56 Å². The first-order valence-corrected chi connectivity index (χ1v) is 7.00. The van der Waals surface area contributed by atoms with Crippen LogP contribution in [0.25, 0.3) is 0 Å². The van der Waals surface area contributed by atoms with Gasteiger partial charge in [-0.1, -0.05) is 46.3 Å². The van der Waals surface area contributed by atoms with Crippen LogP contribution in [-0.4, -0.2) is 19.9 Å². The molecule has 0 unspecified atom stereocenters. The highest BCUT2D eigenvalue weighted by atomic mass is 79.9. The predicted molar refractivity (Wildman–Crippen MR) is 82.9 cm³/mol. The largest absolute Gasteiger partial charge is 0.374 e. The number of halogens is 1. The van der Waals surface area contributed by atoms with E-state index in [2.05, 4.69) is 33.0 Å². The van der Waals surface area contributed by atoms with Gasteiger partial charge in [0.1, 0.15) is 0 Å². The first kappa shape index (κ1) is 13.8. The van der Waals surface area contributed by atoms with Gasteiger partial charge in [0.05, 0.1) is 0 Å². The van der Waals surface area contributed by atoms with Crippen molar-refractivity contribution in [1.29, 1.82) is 0 Å². The van der Waals surface area contributed by atoms with Gasteiger partial charge in [-0.3, -0.25) is 4.79 Å². The van der Waals surface area contributed by atoms with E-state index in [9.17, 15) is 4.79 Å². The Labute approximate surface area is 122 Å². The van der Waals surface area contributed by atoms with Crippen LogP contribution in [0.15, 0.2) is 53.0 Å². The Balaban J connectivity index is 2.08. The highest BCUT2D eigenvalue weighted by Gasteiger charge is 2.07. The molecule has 0 aliphatic heterocycles. The lowest BCUT2D eigenvalue weighted by atomic mass is 10.1. The molecule has 0 radical (unpaired) electrons. The number of hydrogen-bond donors (Lipinski definition) is 0. The topological polar surface area (TPSA) is 20.3 Å². The van der Waals surface area contributed by atoms with Gasteiger partial charge in [0.15, 0.2) is 6.29 Å². The summed E-state index contributed by atoms with van der Waals surface area (Å²) in [4.78, 5) is 13.2. The third-order valence-corrected chi connectivity index (χ3v) is 3.60. The Hall–Kier alpha value is -1.61. The minimum atomic E-state index is 0.713. The van der Waals surface area contributed by atoms with E-state index in [1.54, 1.807) is 0 Å². The fourth-order valence-corrected chi connectivity index (χ4v) is 2.41. The zero-order valence-corrected chi connectivity index (χ0v) is 12.4. The van der Waals surface area contributed by atoms with Crippen LogP contribution >= 0.6 is 15.9 Å². The van der Waals surface area contributed by atoms with Crippen LogP contribution in [0.1, 0.15) is 15.9 Å². The number of nitrogens with zero attached hydrogens (tertiary/aromatic N) is 1. The summed E-state index contributed by atoms with van der Waals surface area (Å²) < 4.78 is 0.926.